The molecule has 2 amide bonds. The summed E-state index contributed by atoms with van der Waals surface area (Å²) in [4.78, 5) is 30.6. The molecule has 0 N–H and O–H groups in total. The van der Waals surface area contributed by atoms with Crippen molar-refractivity contribution < 1.29 is 23.6 Å². The first-order chi connectivity index (χ1) is 16.4. The van der Waals surface area contributed by atoms with Gasteiger partial charge in [0.2, 0.25) is 11.8 Å². The fourth-order valence-corrected chi connectivity index (χ4v) is 4.70. The molecule has 3 heterocycles. The van der Waals surface area contributed by atoms with E-state index >= 15 is 0 Å². The van der Waals surface area contributed by atoms with Crippen molar-refractivity contribution in [1.29, 1.82) is 0 Å². The molecule has 0 bridgehead atoms. The molecule has 0 spiro atoms. The molecule has 3 aromatic rings. The molecule has 0 aliphatic carbocycles. The van der Waals surface area contributed by atoms with Gasteiger partial charge in [0.25, 0.3) is 0 Å². The molecule has 9 heteroatoms. The fourth-order valence-electron chi connectivity index (χ4n) is 4.00. The van der Waals surface area contributed by atoms with E-state index < -0.39 is 0 Å². The second-order valence-corrected chi connectivity index (χ2v) is 9.42. The lowest BCUT2D eigenvalue weighted by molar-refractivity contribution is -0.138. The first kappa shape index (κ1) is 24.0. The molecule has 180 valence electrons. The Morgan fingerprint density at radius 3 is 2.79 bits per heavy atom. The Hall–Kier alpha value is -3.17. The van der Waals surface area contributed by atoms with Crippen LogP contribution in [0.2, 0.25) is 0 Å². The molecular formula is C25H29N3O5S. The van der Waals surface area contributed by atoms with Crippen LogP contribution in [-0.4, -0.2) is 59.6 Å². The summed E-state index contributed by atoms with van der Waals surface area (Å²) >= 11 is 1.54. The Morgan fingerprint density at radius 2 is 2.09 bits per heavy atom. The molecule has 34 heavy (non-hydrogen) atoms. The minimum atomic E-state index is -0.349. The van der Waals surface area contributed by atoms with Gasteiger partial charge in [0, 0.05) is 30.1 Å². The molecule has 1 aliphatic heterocycles. The Balaban J connectivity index is 1.52. The third kappa shape index (κ3) is 5.84. The monoisotopic (exact) mass is 483 g/mol. The highest BCUT2D eigenvalue weighted by atomic mass is 32.1. The van der Waals surface area contributed by atoms with E-state index in [0.29, 0.717) is 32.0 Å². The molecular weight excluding hydrogens is 454 g/mol. The van der Waals surface area contributed by atoms with Crippen molar-refractivity contribution in [1.82, 2.24) is 15.0 Å². The van der Waals surface area contributed by atoms with Crippen molar-refractivity contribution in [2.24, 2.45) is 0 Å². The molecule has 0 radical (unpaired) electrons. The van der Waals surface area contributed by atoms with Gasteiger partial charge in [-0.05, 0) is 43.0 Å². The Labute approximate surface area is 203 Å². The van der Waals surface area contributed by atoms with Gasteiger partial charge in [0.05, 0.1) is 38.5 Å². The zero-order valence-electron chi connectivity index (χ0n) is 19.7. The lowest BCUT2D eigenvalue weighted by Crippen LogP contribution is -2.40. The van der Waals surface area contributed by atoms with Crippen LogP contribution >= 0.6 is 11.3 Å². The number of nitrogens with zero attached hydrogens (tertiary/aromatic N) is 3. The number of ether oxygens (including phenoxy) is 2. The summed E-state index contributed by atoms with van der Waals surface area (Å²) in [5.41, 5.74) is 2.63. The van der Waals surface area contributed by atoms with E-state index in [0.717, 1.165) is 27.4 Å². The van der Waals surface area contributed by atoms with Gasteiger partial charge in [-0.15, -0.1) is 11.3 Å². The molecule has 2 aromatic heterocycles. The van der Waals surface area contributed by atoms with Gasteiger partial charge in [-0.2, -0.15) is 0 Å². The molecule has 4 rings (SSSR count). The standard InChI is InChI=1S/C25H29N3O5S/c1-17-23(18(2)33-26-17)16-32-21-13-27(12-19-6-4-7-20(10-19)31-3)25(30)15-28(14-21)24(29)11-22-8-5-9-34-22/h4-10,21H,11-16H2,1-3H3/t21-/m0/s1. The predicted molar refractivity (Wildman–Crippen MR) is 128 cm³/mol. The first-order valence-corrected chi connectivity index (χ1v) is 12.0. The van der Waals surface area contributed by atoms with E-state index in [1.807, 2.05) is 55.6 Å². The average Bonchev–Trinajstić information content (AvgIpc) is 3.41. The van der Waals surface area contributed by atoms with Gasteiger partial charge in [-0.3, -0.25) is 9.59 Å². The average molecular weight is 484 g/mol. The van der Waals surface area contributed by atoms with Crippen LogP contribution in [0, 0.1) is 13.8 Å². The van der Waals surface area contributed by atoms with E-state index in [2.05, 4.69) is 5.16 Å². The van der Waals surface area contributed by atoms with Crippen LogP contribution < -0.4 is 4.74 Å². The maximum atomic E-state index is 13.2. The van der Waals surface area contributed by atoms with E-state index in [9.17, 15) is 9.59 Å². The van der Waals surface area contributed by atoms with Gasteiger partial charge in [0.15, 0.2) is 0 Å². The van der Waals surface area contributed by atoms with E-state index in [-0.39, 0.29) is 30.9 Å². The number of benzene rings is 1. The number of hydrogen-bond acceptors (Lipinski definition) is 7. The summed E-state index contributed by atoms with van der Waals surface area (Å²) in [7, 11) is 1.62. The third-order valence-corrected chi connectivity index (χ3v) is 6.81. The Morgan fingerprint density at radius 1 is 1.24 bits per heavy atom. The second kappa shape index (κ2) is 10.8. The summed E-state index contributed by atoms with van der Waals surface area (Å²) in [6.07, 6.45) is -0.0738. The minimum Gasteiger partial charge on any atom is -0.497 e. The molecule has 1 aromatic carbocycles. The highest BCUT2D eigenvalue weighted by Gasteiger charge is 2.31. The molecule has 1 aliphatic rings. The molecule has 1 fully saturated rings. The zero-order chi connectivity index (χ0) is 24.1. The maximum absolute atomic E-state index is 13.2. The molecule has 0 unspecified atom stereocenters. The normalized spacial score (nSPS) is 16.6. The highest BCUT2D eigenvalue weighted by Crippen LogP contribution is 2.20. The van der Waals surface area contributed by atoms with Gasteiger partial charge >= 0.3 is 0 Å². The fraction of sp³-hybridized carbons (Fsp3) is 0.400. The van der Waals surface area contributed by atoms with Crippen molar-refractivity contribution in [3.8, 4) is 5.75 Å². The van der Waals surface area contributed by atoms with Gasteiger partial charge in [-0.25, -0.2) is 0 Å². The number of carbonyl (C=O) groups is 2. The Kier molecular flexibility index (Phi) is 7.64. The number of aromatic nitrogens is 1. The summed E-state index contributed by atoms with van der Waals surface area (Å²) in [5.74, 6) is 1.26. The molecule has 1 atom stereocenters. The minimum absolute atomic E-state index is 0.0271. The lowest BCUT2D eigenvalue weighted by atomic mass is 10.2. The quantitative estimate of drug-likeness (QED) is 0.489. The van der Waals surface area contributed by atoms with Gasteiger partial charge < -0.3 is 23.8 Å². The molecule has 0 saturated carbocycles. The number of rotatable bonds is 8. The summed E-state index contributed by atoms with van der Waals surface area (Å²) in [5, 5.41) is 5.93. The number of methoxy groups -OCH3 is 1. The number of thiophene rings is 1. The number of amides is 2. The number of hydrogen-bond donors (Lipinski definition) is 0. The van der Waals surface area contributed by atoms with Crippen LogP contribution in [0.1, 0.15) is 27.5 Å². The van der Waals surface area contributed by atoms with Crippen LogP contribution in [-0.2, 0) is 33.9 Å². The van der Waals surface area contributed by atoms with E-state index in [1.54, 1.807) is 16.9 Å². The van der Waals surface area contributed by atoms with Crippen LogP contribution in [0.4, 0.5) is 0 Å². The highest BCUT2D eigenvalue weighted by molar-refractivity contribution is 7.10. The third-order valence-electron chi connectivity index (χ3n) is 5.94. The number of aryl methyl sites for hydroxylation is 2. The van der Waals surface area contributed by atoms with E-state index in [4.69, 9.17) is 14.0 Å². The topological polar surface area (TPSA) is 85.1 Å². The van der Waals surface area contributed by atoms with Crippen molar-refractivity contribution in [3.05, 3.63) is 69.2 Å². The van der Waals surface area contributed by atoms with Gasteiger partial charge in [0.1, 0.15) is 11.5 Å². The number of carbonyl (C=O) groups excluding carboxylic acids is 2. The largest absolute Gasteiger partial charge is 0.497 e. The van der Waals surface area contributed by atoms with Crippen molar-refractivity contribution >= 4 is 23.2 Å². The van der Waals surface area contributed by atoms with Crippen LogP contribution in [0.5, 0.6) is 5.75 Å². The van der Waals surface area contributed by atoms with Crippen LogP contribution in [0.3, 0.4) is 0 Å². The molecule has 8 nitrogen and oxygen atoms in total. The van der Waals surface area contributed by atoms with Crippen LogP contribution in [0.25, 0.3) is 0 Å². The molecule has 1 saturated heterocycles. The van der Waals surface area contributed by atoms with Crippen molar-refractivity contribution in [2.45, 2.75) is 39.5 Å². The summed E-state index contributed by atoms with van der Waals surface area (Å²) in [6, 6.07) is 11.5. The lowest BCUT2D eigenvalue weighted by Gasteiger charge is -2.25. The maximum Gasteiger partial charge on any atom is 0.242 e. The first-order valence-electron chi connectivity index (χ1n) is 11.2. The Bertz CT molecular complexity index is 1110. The summed E-state index contributed by atoms with van der Waals surface area (Å²) < 4.78 is 16.8. The van der Waals surface area contributed by atoms with Crippen LogP contribution in [0.15, 0.2) is 46.3 Å². The van der Waals surface area contributed by atoms with Gasteiger partial charge in [-0.1, -0.05) is 23.4 Å². The van der Waals surface area contributed by atoms with Crippen molar-refractivity contribution in [2.75, 3.05) is 26.7 Å². The smallest absolute Gasteiger partial charge is 0.242 e. The van der Waals surface area contributed by atoms with Crippen molar-refractivity contribution in [3.63, 3.8) is 0 Å². The zero-order valence-corrected chi connectivity index (χ0v) is 20.5. The second-order valence-electron chi connectivity index (χ2n) is 8.39. The SMILES string of the molecule is COc1cccc(CN2C[C@H](OCc3c(C)noc3C)CN(C(=O)Cc3cccs3)CC2=O)c1. The van der Waals surface area contributed by atoms with E-state index in [1.165, 1.54) is 11.3 Å². The predicted octanol–water partition coefficient (Wildman–Crippen LogP) is 3.36. The summed E-state index contributed by atoms with van der Waals surface area (Å²) in [6.45, 7) is 5.18.